The molecule has 2 saturated heterocycles. The lowest BCUT2D eigenvalue weighted by Crippen LogP contribution is -2.45. The van der Waals surface area contributed by atoms with E-state index in [1.807, 2.05) is 36.0 Å². The summed E-state index contributed by atoms with van der Waals surface area (Å²) in [5.74, 6) is -1.00. The van der Waals surface area contributed by atoms with Crippen molar-refractivity contribution in [2.45, 2.75) is 76.4 Å². The molecule has 1 aliphatic carbocycles. The van der Waals surface area contributed by atoms with Crippen molar-refractivity contribution in [2.75, 3.05) is 36.9 Å². The molecule has 2 aromatic carbocycles. The van der Waals surface area contributed by atoms with Gasteiger partial charge in [0.15, 0.2) is 5.65 Å². The number of fused-ring (bicyclic) bond motifs is 2. The lowest BCUT2D eigenvalue weighted by atomic mass is 9.85. The first-order valence-corrected chi connectivity index (χ1v) is 20.5. The summed E-state index contributed by atoms with van der Waals surface area (Å²) in [5.41, 5.74) is 4.93. The predicted molar refractivity (Wildman–Crippen MR) is 221 cm³/mol. The molecule has 3 fully saturated rings. The standard InChI is InChI=1S/C43H48FN11O4/c1-26-8-13-30(32(44)22-26)38-33(47-41(57)31-23-46-53-19-5-18-45-40(31)53)25-54(49-38)29-11-9-27(10-12-29)24-50(2)28-16-20-52(21-17-28)34-6-4-7-35-39(34)51(3)43(59)55(35)36-14-15-37(56)48-42(36)58/h4-8,13,18-19,22-23,25,27-29,36H,9-12,14-17,20-21,24H2,1-3H3,(H,47,57)(H,48,56,58)/t27-,29-,36?. The van der Waals surface area contributed by atoms with Crippen LogP contribution in [-0.2, 0) is 16.6 Å². The van der Waals surface area contributed by atoms with Gasteiger partial charge in [0.1, 0.15) is 23.1 Å². The van der Waals surface area contributed by atoms with Crippen LogP contribution >= 0.6 is 0 Å². The highest BCUT2D eigenvalue weighted by molar-refractivity contribution is 6.09. The van der Waals surface area contributed by atoms with Gasteiger partial charge in [0.05, 0.1) is 34.6 Å². The monoisotopic (exact) mass is 801 g/mol. The average Bonchev–Trinajstić information content (AvgIpc) is 3.92. The van der Waals surface area contributed by atoms with E-state index in [9.17, 15) is 19.2 Å². The van der Waals surface area contributed by atoms with Crippen LogP contribution in [0.25, 0.3) is 27.9 Å². The van der Waals surface area contributed by atoms with Crippen LogP contribution in [0.5, 0.6) is 0 Å². The number of aryl methyl sites for hydroxylation is 2. The number of carbonyl (C=O) groups excluding carboxylic acids is 3. The van der Waals surface area contributed by atoms with Gasteiger partial charge in [0.2, 0.25) is 11.8 Å². The van der Waals surface area contributed by atoms with Crippen molar-refractivity contribution in [2.24, 2.45) is 13.0 Å². The number of rotatable bonds is 9. The molecule has 0 bridgehead atoms. The number of nitrogens with zero attached hydrogens (tertiary/aromatic N) is 9. The number of halogens is 1. The second-order valence-corrected chi connectivity index (χ2v) is 16.4. The highest BCUT2D eigenvalue weighted by atomic mass is 19.1. The first kappa shape index (κ1) is 38.4. The number of nitrogens with one attached hydrogen (secondary N) is 2. The summed E-state index contributed by atoms with van der Waals surface area (Å²) < 4.78 is 22.0. The van der Waals surface area contributed by atoms with Gasteiger partial charge in [-0.05, 0) is 101 Å². The van der Waals surface area contributed by atoms with E-state index in [1.54, 1.807) is 40.7 Å². The second-order valence-electron chi connectivity index (χ2n) is 16.4. The molecule has 0 radical (unpaired) electrons. The van der Waals surface area contributed by atoms with Gasteiger partial charge in [-0.25, -0.2) is 18.7 Å². The van der Waals surface area contributed by atoms with Crippen LogP contribution in [0.4, 0.5) is 15.8 Å². The smallest absolute Gasteiger partial charge is 0.329 e. The van der Waals surface area contributed by atoms with Crippen LogP contribution in [0.15, 0.2) is 72.0 Å². The number of para-hydroxylation sites is 1. The van der Waals surface area contributed by atoms with Gasteiger partial charge >= 0.3 is 5.69 Å². The van der Waals surface area contributed by atoms with Crippen LogP contribution in [0.1, 0.15) is 79.4 Å². The highest BCUT2D eigenvalue weighted by Gasteiger charge is 2.34. The third kappa shape index (κ3) is 7.19. The molecule has 6 heterocycles. The summed E-state index contributed by atoms with van der Waals surface area (Å²) in [6, 6.07) is 12.5. The van der Waals surface area contributed by atoms with E-state index in [1.165, 1.54) is 16.8 Å². The first-order chi connectivity index (χ1) is 28.5. The summed E-state index contributed by atoms with van der Waals surface area (Å²) in [5, 5.41) is 14.5. The number of aromatic nitrogens is 7. The van der Waals surface area contributed by atoms with Gasteiger partial charge in [-0.2, -0.15) is 10.2 Å². The Morgan fingerprint density at radius 3 is 2.58 bits per heavy atom. The predicted octanol–water partition coefficient (Wildman–Crippen LogP) is 5.26. The molecule has 1 saturated carbocycles. The van der Waals surface area contributed by atoms with Gasteiger partial charge < -0.3 is 15.1 Å². The number of piperidine rings is 2. The summed E-state index contributed by atoms with van der Waals surface area (Å²) >= 11 is 0. The quantitative estimate of drug-likeness (QED) is 0.186. The van der Waals surface area contributed by atoms with E-state index in [0.29, 0.717) is 52.1 Å². The molecule has 1 unspecified atom stereocenters. The highest BCUT2D eigenvalue weighted by Crippen LogP contribution is 2.38. The Hall–Kier alpha value is -6.16. The third-order valence-electron chi connectivity index (χ3n) is 12.7. The van der Waals surface area contributed by atoms with Crippen molar-refractivity contribution in [3.05, 3.63) is 94.7 Å². The summed E-state index contributed by atoms with van der Waals surface area (Å²) in [7, 11) is 3.97. The zero-order chi connectivity index (χ0) is 40.9. The van der Waals surface area contributed by atoms with Gasteiger partial charge in [-0.3, -0.25) is 33.5 Å². The van der Waals surface area contributed by atoms with Gasteiger partial charge in [-0.15, -0.1) is 0 Å². The molecule has 59 heavy (non-hydrogen) atoms. The molecule has 3 amide bonds. The zero-order valence-electron chi connectivity index (χ0n) is 33.5. The number of hydrogen-bond donors (Lipinski definition) is 2. The van der Waals surface area contributed by atoms with E-state index in [4.69, 9.17) is 5.10 Å². The first-order valence-electron chi connectivity index (χ1n) is 20.5. The fraction of sp³-hybridized carbons (Fsp3) is 0.419. The van der Waals surface area contributed by atoms with E-state index < -0.39 is 23.7 Å². The molecule has 15 nitrogen and oxygen atoms in total. The second kappa shape index (κ2) is 15.5. The van der Waals surface area contributed by atoms with E-state index in [2.05, 4.69) is 43.6 Å². The molecule has 2 N–H and O–H groups in total. The summed E-state index contributed by atoms with van der Waals surface area (Å²) in [4.78, 5) is 60.8. The Morgan fingerprint density at radius 1 is 1.02 bits per heavy atom. The number of imide groups is 1. The van der Waals surface area contributed by atoms with Crippen molar-refractivity contribution in [1.29, 1.82) is 0 Å². The van der Waals surface area contributed by atoms with Gasteiger partial charge in [0.25, 0.3) is 5.91 Å². The molecule has 0 spiro atoms. The van der Waals surface area contributed by atoms with E-state index in [-0.39, 0.29) is 24.1 Å². The van der Waals surface area contributed by atoms with Crippen molar-refractivity contribution < 1.29 is 18.8 Å². The largest absolute Gasteiger partial charge is 0.370 e. The topological polar surface area (TPSA) is 157 Å². The van der Waals surface area contributed by atoms with Crippen molar-refractivity contribution in [3.8, 4) is 11.3 Å². The third-order valence-corrected chi connectivity index (χ3v) is 12.7. The van der Waals surface area contributed by atoms with E-state index in [0.717, 1.165) is 74.9 Å². The molecular weight excluding hydrogens is 754 g/mol. The van der Waals surface area contributed by atoms with Crippen LogP contribution in [0.3, 0.4) is 0 Å². The Balaban J connectivity index is 0.842. The van der Waals surface area contributed by atoms with Crippen molar-refractivity contribution in [1.82, 2.24) is 43.7 Å². The van der Waals surface area contributed by atoms with Crippen LogP contribution in [0.2, 0.25) is 0 Å². The number of carbonyl (C=O) groups is 3. The number of imidazole rings is 1. The van der Waals surface area contributed by atoms with Crippen molar-refractivity contribution >= 4 is 45.8 Å². The minimum Gasteiger partial charge on any atom is -0.370 e. The Labute approximate surface area is 339 Å². The van der Waals surface area contributed by atoms with Gasteiger partial charge in [-0.1, -0.05) is 12.1 Å². The number of benzene rings is 2. The van der Waals surface area contributed by atoms with E-state index >= 15 is 4.39 Å². The molecular formula is C43H48FN11O4. The average molecular weight is 802 g/mol. The minimum atomic E-state index is -0.716. The SMILES string of the molecule is Cc1ccc(-c2nn([C@H]3CC[C@H](CN(C)C4CCN(c5cccc6c5n(C)c(=O)n6C5CCC(=O)NC5=O)CC4)CC3)cc2NC(=O)c2cnn3cccnc23)c(F)c1. The Morgan fingerprint density at radius 2 is 1.81 bits per heavy atom. The molecule has 306 valence electrons. The molecule has 4 aromatic heterocycles. The Kier molecular flexibility index (Phi) is 10.1. The zero-order valence-corrected chi connectivity index (χ0v) is 33.5. The maximum atomic E-state index is 15.4. The maximum Gasteiger partial charge on any atom is 0.329 e. The Bertz CT molecular complexity index is 2640. The summed E-state index contributed by atoms with van der Waals surface area (Å²) in [6.45, 7) is 4.51. The molecule has 1 atom stereocenters. The molecule has 9 rings (SSSR count). The number of hydrogen-bond acceptors (Lipinski definition) is 9. The number of anilines is 2. The van der Waals surface area contributed by atoms with Crippen LogP contribution < -0.4 is 21.2 Å². The molecule has 3 aliphatic rings. The lowest BCUT2D eigenvalue weighted by molar-refractivity contribution is -0.135. The molecule has 6 aromatic rings. The lowest BCUT2D eigenvalue weighted by Gasteiger charge is -2.40. The van der Waals surface area contributed by atoms with Crippen LogP contribution in [0, 0.1) is 18.7 Å². The molecule has 2 aliphatic heterocycles. The summed E-state index contributed by atoms with van der Waals surface area (Å²) in [6.07, 6.45) is 13.0. The number of amides is 3. The van der Waals surface area contributed by atoms with Crippen LogP contribution in [-0.4, -0.2) is 88.9 Å². The maximum absolute atomic E-state index is 15.4. The van der Waals surface area contributed by atoms with Gasteiger partial charge in [0, 0.05) is 63.3 Å². The van der Waals surface area contributed by atoms with Crippen molar-refractivity contribution in [3.63, 3.8) is 0 Å². The normalized spacial score (nSPS) is 20.5. The fourth-order valence-corrected chi connectivity index (χ4v) is 9.46. The molecule has 16 heteroatoms. The minimum absolute atomic E-state index is 0.111. The fourth-order valence-electron chi connectivity index (χ4n) is 9.46.